The molecule has 0 spiro atoms. The fraction of sp³-hybridized carbons (Fsp3) is 0.522. The van der Waals surface area contributed by atoms with Gasteiger partial charge in [0.05, 0.1) is 23.2 Å². The minimum Gasteiger partial charge on any atom is -0.381 e. The van der Waals surface area contributed by atoms with Crippen molar-refractivity contribution in [2.75, 3.05) is 17.7 Å². The SMILES string of the molecule is COC1CCC(Nc2ccc(-c3c(C)noc3C)cc2NC(=O)C2CCC(=O)N2)CC1. The summed E-state index contributed by atoms with van der Waals surface area (Å²) in [7, 11) is 1.77. The Kier molecular flexibility index (Phi) is 6.27. The van der Waals surface area contributed by atoms with Crippen molar-refractivity contribution in [1.82, 2.24) is 10.5 Å². The van der Waals surface area contributed by atoms with Crippen molar-refractivity contribution in [2.45, 2.75) is 70.6 Å². The van der Waals surface area contributed by atoms with Crippen LogP contribution in [-0.2, 0) is 14.3 Å². The number of ether oxygens (including phenoxy) is 1. The Labute approximate surface area is 182 Å². The summed E-state index contributed by atoms with van der Waals surface area (Å²) in [5.41, 5.74) is 4.22. The fourth-order valence-corrected chi connectivity index (χ4v) is 4.52. The number of methoxy groups -OCH3 is 1. The van der Waals surface area contributed by atoms with Crippen molar-refractivity contribution in [3.63, 3.8) is 0 Å². The van der Waals surface area contributed by atoms with E-state index >= 15 is 0 Å². The molecule has 2 heterocycles. The van der Waals surface area contributed by atoms with Crippen LogP contribution in [0.5, 0.6) is 0 Å². The van der Waals surface area contributed by atoms with Gasteiger partial charge in [0.25, 0.3) is 0 Å². The van der Waals surface area contributed by atoms with Gasteiger partial charge in [0, 0.05) is 25.1 Å². The molecule has 1 aromatic carbocycles. The highest BCUT2D eigenvalue weighted by atomic mass is 16.5. The van der Waals surface area contributed by atoms with Crippen LogP contribution in [-0.4, -0.2) is 42.3 Å². The van der Waals surface area contributed by atoms with Crippen molar-refractivity contribution in [2.24, 2.45) is 0 Å². The van der Waals surface area contributed by atoms with Crippen molar-refractivity contribution >= 4 is 23.2 Å². The summed E-state index contributed by atoms with van der Waals surface area (Å²) in [6.07, 6.45) is 5.27. The summed E-state index contributed by atoms with van der Waals surface area (Å²) < 4.78 is 10.8. The monoisotopic (exact) mass is 426 g/mol. The number of carbonyl (C=O) groups is 2. The number of nitrogens with one attached hydrogen (secondary N) is 3. The molecular formula is C23H30N4O4. The highest BCUT2D eigenvalue weighted by molar-refractivity contribution is 6.01. The van der Waals surface area contributed by atoms with E-state index < -0.39 is 6.04 Å². The molecule has 31 heavy (non-hydrogen) atoms. The number of nitrogens with zero attached hydrogens (tertiary/aromatic N) is 1. The highest BCUT2D eigenvalue weighted by Gasteiger charge is 2.28. The van der Waals surface area contributed by atoms with Crippen LogP contribution in [0.15, 0.2) is 22.7 Å². The van der Waals surface area contributed by atoms with Gasteiger partial charge in [-0.3, -0.25) is 9.59 Å². The Morgan fingerprint density at radius 3 is 2.55 bits per heavy atom. The van der Waals surface area contributed by atoms with Crippen molar-refractivity contribution in [3.05, 3.63) is 29.7 Å². The number of aromatic nitrogens is 1. The molecule has 2 aromatic rings. The van der Waals surface area contributed by atoms with Crippen molar-refractivity contribution in [1.29, 1.82) is 0 Å². The summed E-state index contributed by atoms with van der Waals surface area (Å²) in [6, 6.07) is 5.78. The van der Waals surface area contributed by atoms with Gasteiger partial charge in [0.1, 0.15) is 11.8 Å². The third-order valence-electron chi connectivity index (χ3n) is 6.28. The Balaban J connectivity index is 1.59. The van der Waals surface area contributed by atoms with Gasteiger partial charge in [-0.05, 0) is 63.6 Å². The Morgan fingerprint density at radius 2 is 1.94 bits per heavy atom. The largest absolute Gasteiger partial charge is 0.381 e. The van der Waals surface area contributed by atoms with Crippen LogP contribution in [0, 0.1) is 13.8 Å². The van der Waals surface area contributed by atoms with Gasteiger partial charge in [-0.25, -0.2) is 0 Å². The Bertz CT molecular complexity index is 943. The van der Waals surface area contributed by atoms with Crippen molar-refractivity contribution in [3.8, 4) is 11.1 Å². The number of hydrogen-bond donors (Lipinski definition) is 3. The van der Waals surface area contributed by atoms with Crippen molar-refractivity contribution < 1.29 is 18.8 Å². The number of carbonyl (C=O) groups excluding carboxylic acids is 2. The number of rotatable bonds is 6. The normalized spacial score (nSPS) is 23.5. The first-order valence-electron chi connectivity index (χ1n) is 10.9. The molecule has 1 saturated carbocycles. The second-order valence-electron chi connectivity index (χ2n) is 8.46. The van der Waals surface area contributed by atoms with Gasteiger partial charge in [0.15, 0.2) is 0 Å². The first kappa shape index (κ1) is 21.4. The molecule has 2 amide bonds. The molecule has 0 bridgehead atoms. The smallest absolute Gasteiger partial charge is 0.247 e. The standard InChI is InChI=1S/C23H30N4O4/c1-13-22(14(2)31-27-13)15-4-9-18(24-16-5-7-17(30-3)8-6-16)20(12-15)26-23(29)19-10-11-21(28)25-19/h4,9,12,16-17,19,24H,5-8,10-11H2,1-3H3,(H,25,28)(H,26,29). The zero-order valence-corrected chi connectivity index (χ0v) is 18.3. The summed E-state index contributed by atoms with van der Waals surface area (Å²) in [5, 5.41) is 13.4. The predicted molar refractivity (Wildman–Crippen MR) is 118 cm³/mol. The van der Waals surface area contributed by atoms with Crippen LogP contribution in [0.25, 0.3) is 11.1 Å². The molecule has 1 atom stereocenters. The third kappa shape index (κ3) is 4.74. The molecule has 3 N–H and O–H groups in total. The molecule has 0 radical (unpaired) electrons. The number of hydrogen-bond acceptors (Lipinski definition) is 6. The van der Waals surface area contributed by atoms with E-state index in [9.17, 15) is 9.59 Å². The topological polar surface area (TPSA) is 105 Å². The van der Waals surface area contributed by atoms with Gasteiger partial charge >= 0.3 is 0 Å². The molecule has 1 aliphatic carbocycles. The molecule has 1 saturated heterocycles. The fourth-order valence-electron chi connectivity index (χ4n) is 4.52. The maximum absolute atomic E-state index is 12.8. The summed E-state index contributed by atoms with van der Waals surface area (Å²) >= 11 is 0. The third-order valence-corrected chi connectivity index (χ3v) is 6.28. The molecule has 8 heteroatoms. The van der Waals surface area contributed by atoms with E-state index in [0.717, 1.165) is 54.0 Å². The minimum absolute atomic E-state index is 0.0853. The van der Waals surface area contributed by atoms with Gasteiger partial charge in [-0.1, -0.05) is 11.2 Å². The highest BCUT2D eigenvalue weighted by Crippen LogP contribution is 2.34. The number of benzene rings is 1. The lowest BCUT2D eigenvalue weighted by molar-refractivity contribution is -0.122. The number of aryl methyl sites for hydroxylation is 2. The van der Waals surface area contributed by atoms with Gasteiger partial charge in [-0.15, -0.1) is 0 Å². The van der Waals surface area contributed by atoms with E-state index in [2.05, 4.69) is 21.1 Å². The summed E-state index contributed by atoms with van der Waals surface area (Å²) in [4.78, 5) is 24.4. The zero-order valence-electron chi connectivity index (χ0n) is 18.3. The Hall–Kier alpha value is -2.87. The molecule has 8 nitrogen and oxygen atoms in total. The average Bonchev–Trinajstić information content (AvgIpc) is 3.35. The Morgan fingerprint density at radius 1 is 1.16 bits per heavy atom. The molecule has 1 aliphatic heterocycles. The van der Waals surface area contributed by atoms with Gasteiger partial charge in [-0.2, -0.15) is 0 Å². The van der Waals surface area contributed by atoms with E-state index in [1.165, 1.54) is 0 Å². The maximum Gasteiger partial charge on any atom is 0.247 e. The van der Waals surface area contributed by atoms with E-state index in [0.29, 0.717) is 30.7 Å². The lowest BCUT2D eigenvalue weighted by atomic mass is 9.92. The zero-order chi connectivity index (χ0) is 22.0. The lowest BCUT2D eigenvalue weighted by Gasteiger charge is -2.29. The van der Waals surface area contributed by atoms with Gasteiger partial charge in [0.2, 0.25) is 11.8 Å². The van der Waals surface area contributed by atoms with E-state index in [1.54, 1.807) is 7.11 Å². The van der Waals surface area contributed by atoms with Crippen LogP contribution in [0.1, 0.15) is 50.0 Å². The minimum atomic E-state index is -0.500. The summed E-state index contributed by atoms with van der Waals surface area (Å²) in [5.74, 6) is 0.446. The maximum atomic E-state index is 12.8. The van der Waals surface area contributed by atoms with Crippen LogP contribution in [0.3, 0.4) is 0 Å². The number of amides is 2. The molecule has 1 aromatic heterocycles. The first-order chi connectivity index (χ1) is 14.9. The van der Waals surface area contributed by atoms with Crippen LogP contribution in [0.2, 0.25) is 0 Å². The van der Waals surface area contributed by atoms with E-state index in [1.807, 2.05) is 32.0 Å². The number of anilines is 2. The molecule has 1 unspecified atom stereocenters. The first-order valence-corrected chi connectivity index (χ1v) is 10.9. The predicted octanol–water partition coefficient (Wildman–Crippen LogP) is 3.55. The molecule has 2 aliphatic rings. The molecule has 4 rings (SSSR count). The van der Waals surface area contributed by atoms with Crippen LogP contribution in [0.4, 0.5) is 11.4 Å². The molecular weight excluding hydrogens is 396 g/mol. The average molecular weight is 427 g/mol. The molecule has 2 fully saturated rings. The van der Waals surface area contributed by atoms with E-state index in [4.69, 9.17) is 9.26 Å². The van der Waals surface area contributed by atoms with Gasteiger partial charge < -0.3 is 25.2 Å². The van der Waals surface area contributed by atoms with E-state index in [-0.39, 0.29) is 11.8 Å². The van der Waals surface area contributed by atoms with Crippen LogP contribution >= 0.6 is 0 Å². The second-order valence-corrected chi connectivity index (χ2v) is 8.46. The van der Waals surface area contributed by atoms with Crippen LogP contribution < -0.4 is 16.0 Å². The molecule has 166 valence electrons. The summed E-state index contributed by atoms with van der Waals surface area (Å²) in [6.45, 7) is 3.78. The quantitative estimate of drug-likeness (QED) is 0.652. The second kappa shape index (κ2) is 9.09. The lowest BCUT2D eigenvalue weighted by Crippen LogP contribution is -2.37.